The molecule has 0 spiro atoms. The minimum atomic E-state index is -0.177. The molecule has 0 aliphatic rings. The molecule has 0 aromatic rings. The first-order valence-corrected chi connectivity index (χ1v) is 7.13. The third-order valence-electron chi connectivity index (χ3n) is 1.84. The maximum Gasteiger partial charge on any atom is 0.323 e. The van der Waals surface area contributed by atoms with Crippen molar-refractivity contribution in [3.8, 4) is 0 Å². The predicted octanol–water partition coefficient (Wildman–Crippen LogP) is 2.31. The number of ether oxygens (including phenoxy) is 1. The van der Waals surface area contributed by atoms with E-state index in [0.29, 0.717) is 18.6 Å². The fourth-order valence-corrected chi connectivity index (χ4v) is 2.33. The summed E-state index contributed by atoms with van der Waals surface area (Å²) < 4.78 is 5.05. The summed E-state index contributed by atoms with van der Waals surface area (Å²) in [5, 5.41) is 3.24. The van der Waals surface area contributed by atoms with E-state index in [9.17, 15) is 4.79 Å². The standard InChI is InChI=1S/C12H25NO2S/c1-6-15-12(14)11(13-10(4)5)8-16-7-9(2)3/h9-11,13H,6-8H2,1-5H3. The van der Waals surface area contributed by atoms with E-state index in [1.54, 1.807) is 11.8 Å². The molecule has 0 amide bonds. The first-order valence-electron chi connectivity index (χ1n) is 5.97. The van der Waals surface area contributed by atoms with Crippen LogP contribution in [0.3, 0.4) is 0 Å². The molecule has 0 saturated heterocycles. The predicted molar refractivity (Wildman–Crippen MR) is 70.9 cm³/mol. The van der Waals surface area contributed by atoms with E-state index in [2.05, 4.69) is 19.2 Å². The van der Waals surface area contributed by atoms with Crippen LogP contribution in [0.15, 0.2) is 0 Å². The Kier molecular flexibility index (Phi) is 8.76. The molecule has 1 atom stereocenters. The lowest BCUT2D eigenvalue weighted by molar-refractivity contribution is -0.145. The highest BCUT2D eigenvalue weighted by atomic mass is 32.2. The summed E-state index contributed by atoms with van der Waals surface area (Å²) in [5.41, 5.74) is 0. The Labute approximate surface area is 104 Å². The van der Waals surface area contributed by atoms with Crippen molar-refractivity contribution in [1.29, 1.82) is 0 Å². The lowest BCUT2D eigenvalue weighted by Gasteiger charge is -2.19. The minimum Gasteiger partial charge on any atom is -0.465 e. The average Bonchev–Trinajstić information content (AvgIpc) is 2.15. The first kappa shape index (κ1) is 15.8. The molecule has 0 bridgehead atoms. The van der Waals surface area contributed by atoms with Gasteiger partial charge in [0, 0.05) is 11.8 Å². The van der Waals surface area contributed by atoms with Crippen LogP contribution in [-0.4, -0.2) is 36.2 Å². The molecule has 0 aliphatic carbocycles. The number of rotatable bonds is 8. The Morgan fingerprint density at radius 3 is 2.31 bits per heavy atom. The summed E-state index contributed by atoms with van der Waals surface area (Å²) in [7, 11) is 0. The molecule has 3 nitrogen and oxygen atoms in total. The van der Waals surface area contributed by atoms with E-state index in [0.717, 1.165) is 11.5 Å². The van der Waals surface area contributed by atoms with Crippen LogP contribution in [0.2, 0.25) is 0 Å². The summed E-state index contributed by atoms with van der Waals surface area (Å²) in [6, 6.07) is 0.123. The molecule has 1 unspecified atom stereocenters. The lowest BCUT2D eigenvalue weighted by Crippen LogP contribution is -2.43. The van der Waals surface area contributed by atoms with Gasteiger partial charge in [0.05, 0.1) is 6.61 Å². The Bertz CT molecular complexity index is 195. The van der Waals surface area contributed by atoms with Crippen LogP contribution in [0.4, 0.5) is 0 Å². The van der Waals surface area contributed by atoms with Crippen LogP contribution in [0.1, 0.15) is 34.6 Å². The zero-order valence-electron chi connectivity index (χ0n) is 11.1. The summed E-state index contributed by atoms with van der Waals surface area (Å²) in [6.07, 6.45) is 0. The molecule has 0 aromatic carbocycles. The van der Waals surface area contributed by atoms with Crippen LogP contribution in [0, 0.1) is 5.92 Å². The maximum absolute atomic E-state index is 11.7. The fraction of sp³-hybridized carbons (Fsp3) is 0.917. The third-order valence-corrected chi connectivity index (χ3v) is 3.31. The van der Waals surface area contributed by atoms with Gasteiger partial charge >= 0.3 is 5.97 Å². The van der Waals surface area contributed by atoms with Gasteiger partial charge in [-0.2, -0.15) is 11.8 Å². The molecule has 0 aliphatic heterocycles. The van der Waals surface area contributed by atoms with E-state index in [1.165, 1.54) is 0 Å². The Hall–Kier alpha value is -0.220. The Balaban J connectivity index is 4.04. The van der Waals surface area contributed by atoms with Gasteiger partial charge in [-0.25, -0.2) is 0 Å². The molecular formula is C12H25NO2S. The molecular weight excluding hydrogens is 222 g/mol. The Morgan fingerprint density at radius 2 is 1.88 bits per heavy atom. The zero-order valence-corrected chi connectivity index (χ0v) is 11.9. The first-order chi connectivity index (χ1) is 7.47. The van der Waals surface area contributed by atoms with Gasteiger partial charge in [0.1, 0.15) is 6.04 Å². The van der Waals surface area contributed by atoms with Gasteiger partial charge in [0.25, 0.3) is 0 Å². The van der Waals surface area contributed by atoms with Crippen molar-refractivity contribution < 1.29 is 9.53 Å². The van der Waals surface area contributed by atoms with Gasteiger partial charge in [0.15, 0.2) is 0 Å². The van der Waals surface area contributed by atoms with Crippen molar-refractivity contribution in [3.63, 3.8) is 0 Å². The molecule has 1 N–H and O–H groups in total. The van der Waals surface area contributed by atoms with Crippen LogP contribution in [0.25, 0.3) is 0 Å². The van der Waals surface area contributed by atoms with Crippen molar-refractivity contribution in [2.45, 2.75) is 46.7 Å². The largest absolute Gasteiger partial charge is 0.465 e. The van der Waals surface area contributed by atoms with Crippen LogP contribution in [0.5, 0.6) is 0 Å². The van der Waals surface area contributed by atoms with Crippen molar-refractivity contribution in [2.75, 3.05) is 18.1 Å². The number of carbonyl (C=O) groups excluding carboxylic acids is 1. The lowest BCUT2D eigenvalue weighted by atomic mass is 10.3. The van der Waals surface area contributed by atoms with Gasteiger partial charge < -0.3 is 10.1 Å². The van der Waals surface area contributed by atoms with Crippen molar-refractivity contribution in [3.05, 3.63) is 0 Å². The smallest absolute Gasteiger partial charge is 0.323 e. The van der Waals surface area contributed by atoms with E-state index in [1.807, 2.05) is 20.8 Å². The van der Waals surface area contributed by atoms with Gasteiger partial charge in [0.2, 0.25) is 0 Å². The van der Waals surface area contributed by atoms with E-state index in [4.69, 9.17) is 4.74 Å². The summed E-state index contributed by atoms with van der Waals surface area (Å²) >= 11 is 1.80. The normalized spacial score (nSPS) is 13.2. The zero-order chi connectivity index (χ0) is 12.6. The highest BCUT2D eigenvalue weighted by Gasteiger charge is 2.20. The van der Waals surface area contributed by atoms with Crippen LogP contribution in [-0.2, 0) is 9.53 Å². The topological polar surface area (TPSA) is 38.3 Å². The molecule has 0 heterocycles. The summed E-state index contributed by atoms with van der Waals surface area (Å²) in [6.45, 7) is 10.7. The average molecular weight is 247 g/mol. The molecule has 0 aromatic heterocycles. The van der Waals surface area contributed by atoms with Gasteiger partial charge in [-0.1, -0.05) is 27.7 Å². The third kappa shape index (κ3) is 7.99. The molecule has 0 rings (SSSR count). The summed E-state index contributed by atoms with van der Waals surface area (Å²) in [4.78, 5) is 11.7. The second-order valence-electron chi connectivity index (χ2n) is 4.56. The maximum atomic E-state index is 11.7. The van der Waals surface area contributed by atoms with Crippen LogP contribution < -0.4 is 5.32 Å². The number of esters is 1. The second-order valence-corrected chi connectivity index (χ2v) is 5.63. The Morgan fingerprint density at radius 1 is 1.25 bits per heavy atom. The molecule has 16 heavy (non-hydrogen) atoms. The van der Waals surface area contributed by atoms with Crippen LogP contribution >= 0.6 is 11.8 Å². The second kappa shape index (κ2) is 8.88. The molecule has 4 heteroatoms. The van der Waals surface area contributed by atoms with E-state index in [-0.39, 0.29) is 12.0 Å². The van der Waals surface area contributed by atoms with Gasteiger partial charge in [-0.3, -0.25) is 4.79 Å². The van der Waals surface area contributed by atoms with Crippen molar-refractivity contribution in [1.82, 2.24) is 5.32 Å². The number of carbonyl (C=O) groups is 1. The molecule has 0 fully saturated rings. The van der Waals surface area contributed by atoms with Gasteiger partial charge in [-0.05, 0) is 18.6 Å². The van der Waals surface area contributed by atoms with Crippen molar-refractivity contribution in [2.24, 2.45) is 5.92 Å². The highest BCUT2D eigenvalue weighted by Crippen LogP contribution is 2.10. The van der Waals surface area contributed by atoms with E-state index >= 15 is 0 Å². The highest BCUT2D eigenvalue weighted by molar-refractivity contribution is 7.99. The summed E-state index contributed by atoms with van der Waals surface area (Å²) in [5.74, 6) is 2.39. The monoisotopic (exact) mass is 247 g/mol. The minimum absolute atomic E-state index is 0.132. The SMILES string of the molecule is CCOC(=O)C(CSCC(C)C)NC(C)C. The molecule has 96 valence electrons. The van der Waals surface area contributed by atoms with Gasteiger partial charge in [-0.15, -0.1) is 0 Å². The molecule has 0 saturated carbocycles. The number of hydrogen-bond donors (Lipinski definition) is 1. The molecule has 0 radical (unpaired) electrons. The quantitative estimate of drug-likeness (QED) is 0.668. The van der Waals surface area contributed by atoms with E-state index < -0.39 is 0 Å². The van der Waals surface area contributed by atoms with Crippen molar-refractivity contribution >= 4 is 17.7 Å². The number of thioether (sulfide) groups is 1. The number of hydrogen-bond acceptors (Lipinski definition) is 4. The fourth-order valence-electron chi connectivity index (χ4n) is 1.25. The number of nitrogens with one attached hydrogen (secondary N) is 1.